The molecule has 0 bridgehead atoms. The lowest BCUT2D eigenvalue weighted by atomic mass is 9.81. The smallest absolute Gasteiger partial charge is 0.246 e. The highest BCUT2D eigenvalue weighted by Crippen LogP contribution is 2.29. The topological polar surface area (TPSA) is 90.8 Å². The molecule has 6 nitrogen and oxygen atoms in total. The summed E-state index contributed by atoms with van der Waals surface area (Å²) in [6.07, 6.45) is 12.6. The summed E-state index contributed by atoms with van der Waals surface area (Å²) >= 11 is 3.48. The van der Waals surface area contributed by atoms with Crippen LogP contribution in [0.5, 0.6) is 0 Å². The first kappa shape index (κ1) is 19.1. The largest absolute Gasteiger partial charge is 0.289 e. The second-order valence-electron chi connectivity index (χ2n) is 6.71. The number of halogens is 1. The number of nitrogens with one attached hydrogen (secondary N) is 2. The molecule has 0 radical (unpaired) electrons. The van der Waals surface area contributed by atoms with E-state index in [4.69, 9.17) is 5.21 Å². The van der Waals surface area contributed by atoms with Crippen LogP contribution < -0.4 is 10.9 Å². The van der Waals surface area contributed by atoms with Gasteiger partial charge in [-0.3, -0.25) is 14.8 Å². The zero-order valence-electron chi connectivity index (χ0n) is 13.8. The van der Waals surface area contributed by atoms with Gasteiger partial charge in [0.1, 0.15) is 0 Å². The van der Waals surface area contributed by atoms with Gasteiger partial charge >= 0.3 is 0 Å². The van der Waals surface area contributed by atoms with E-state index in [1.54, 1.807) is 11.7 Å². The fourth-order valence-corrected chi connectivity index (χ4v) is 4.00. The molecule has 2 amide bonds. The Morgan fingerprint density at radius 2 is 1.54 bits per heavy atom. The van der Waals surface area contributed by atoms with Gasteiger partial charge in [0, 0.05) is 16.3 Å². The molecule has 0 aromatic carbocycles. The average molecular weight is 400 g/mol. The van der Waals surface area contributed by atoms with Gasteiger partial charge in [0.2, 0.25) is 11.8 Å². The Morgan fingerprint density at radius 1 is 0.958 bits per heavy atom. The minimum Gasteiger partial charge on any atom is -0.289 e. The number of hydroxylamine groups is 1. The molecule has 0 aromatic heterocycles. The summed E-state index contributed by atoms with van der Waals surface area (Å²) in [5.41, 5.74) is 4.27. The minimum atomic E-state index is -0.358. The van der Waals surface area contributed by atoms with E-state index in [1.165, 1.54) is 32.1 Å². The van der Waals surface area contributed by atoms with Crippen LogP contribution in [0.15, 0.2) is 15.7 Å². The highest BCUT2D eigenvalue weighted by atomic mass is 79.9. The van der Waals surface area contributed by atoms with Crippen LogP contribution in [0.25, 0.3) is 0 Å². The number of hydrazone groups is 1. The lowest BCUT2D eigenvalue weighted by Gasteiger charge is -2.25. The van der Waals surface area contributed by atoms with Gasteiger partial charge < -0.3 is 0 Å². The molecule has 24 heavy (non-hydrogen) atoms. The van der Waals surface area contributed by atoms with Crippen molar-refractivity contribution in [2.24, 2.45) is 22.9 Å². The molecule has 134 valence electrons. The summed E-state index contributed by atoms with van der Waals surface area (Å²) in [7, 11) is 0. The third kappa shape index (κ3) is 6.02. The Hall–Kier alpha value is -1.21. The zero-order valence-corrected chi connectivity index (χ0v) is 15.4. The first-order valence-corrected chi connectivity index (χ1v) is 9.53. The van der Waals surface area contributed by atoms with E-state index in [-0.39, 0.29) is 23.7 Å². The number of carbonyl (C=O) groups excluding carboxylic acids is 2. The zero-order chi connectivity index (χ0) is 17.4. The minimum absolute atomic E-state index is 0.105. The number of hydrogen-bond donors (Lipinski definition) is 3. The van der Waals surface area contributed by atoms with Crippen LogP contribution in [0.2, 0.25) is 0 Å². The van der Waals surface area contributed by atoms with Crippen molar-refractivity contribution < 1.29 is 14.8 Å². The van der Waals surface area contributed by atoms with Crippen molar-refractivity contribution in [2.75, 3.05) is 0 Å². The van der Waals surface area contributed by atoms with Gasteiger partial charge in [-0.25, -0.2) is 10.9 Å². The Labute approximate surface area is 151 Å². The van der Waals surface area contributed by atoms with Gasteiger partial charge in [-0.05, 0) is 60.4 Å². The second kappa shape index (κ2) is 9.93. The number of amides is 2. The summed E-state index contributed by atoms with van der Waals surface area (Å²) in [4.78, 5) is 23.5. The lowest BCUT2D eigenvalue weighted by molar-refractivity contribution is -0.136. The van der Waals surface area contributed by atoms with Crippen molar-refractivity contribution in [3.63, 3.8) is 0 Å². The van der Waals surface area contributed by atoms with Crippen LogP contribution in [-0.2, 0) is 9.59 Å². The van der Waals surface area contributed by atoms with E-state index in [0.29, 0.717) is 31.6 Å². The summed E-state index contributed by atoms with van der Waals surface area (Å²) in [6.45, 7) is 0. The molecule has 0 aliphatic heterocycles. The highest BCUT2D eigenvalue weighted by Gasteiger charge is 2.29. The first-order valence-electron chi connectivity index (χ1n) is 8.74. The van der Waals surface area contributed by atoms with Crippen molar-refractivity contribution in [1.29, 1.82) is 0 Å². The third-order valence-corrected chi connectivity index (χ3v) is 5.46. The molecule has 0 atom stereocenters. The molecular weight excluding hydrogens is 374 g/mol. The molecule has 0 aromatic rings. The Morgan fingerprint density at radius 3 is 2.12 bits per heavy atom. The van der Waals surface area contributed by atoms with Crippen molar-refractivity contribution in [3.8, 4) is 0 Å². The van der Waals surface area contributed by atoms with Crippen molar-refractivity contribution in [1.82, 2.24) is 10.9 Å². The highest BCUT2D eigenvalue weighted by molar-refractivity contribution is 9.12. The summed E-state index contributed by atoms with van der Waals surface area (Å²) in [6, 6.07) is 0. The fraction of sp³-hybridized carbons (Fsp3) is 0.706. The standard InChI is InChI=1S/C17H26BrN3O3/c18-15(10-12-4-2-1-3-5-12)11-19-20-16(22)13-6-8-14(9-7-13)17(23)21-24/h10-14,24H,1-9H2,(H,20,22)(H,21,23)/b15-10-,19-11-. The Kier molecular flexibility index (Phi) is 7.91. The van der Waals surface area contributed by atoms with Crippen LogP contribution in [0, 0.1) is 17.8 Å². The van der Waals surface area contributed by atoms with Gasteiger partial charge in [0.15, 0.2) is 0 Å². The maximum Gasteiger partial charge on any atom is 0.246 e. The van der Waals surface area contributed by atoms with E-state index >= 15 is 0 Å². The molecule has 0 saturated heterocycles. The van der Waals surface area contributed by atoms with Crippen molar-refractivity contribution in [2.45, 2.75) is 57.8 Å². The molecule has 2 aliphatic carbocycles. The third-order valence-electron chi connectivity index (χ3n) is 4.99. The van der Waals surface area contributed by atoms with Crippen LogP contribution >= 0.6 is 15.9 Å². The van der Waals surface area contributed by atoms with E-state index in [1.807, 2.05) is 0 Å². The second-order valence-corrected chi connectivity index (χ2v) is 7.62. The van der Waals surface area contributed by atoms with Crippen LogP contribution in [0.3, 0.4) is 0 Å². The monoisotopic (exact) mass is 399 g/mol. The molecule has 0 unspecified atom stereocenters. The molecule has 0 heterocycles. The van der Waals surface area contributed by atoms with Gasteiger partial charge in [-0.1, -0.05) is 25.3 Å². The first-order chi connectivity index (χ1) is 11.6. The summed E-state index contributed by atoms with van der Waals surface area (Å²) < 4.78 is 0.901. The number of carbonyl (C=O) groups is 2. The maximum atomic E-state index is 12.1. The van der Waals surface area contributed by atoms with Crippen molar-refractivity contribution >= 4 is 34.0 Å². The van der Waals surface area contributed by atoms with E-state index < -0.39 is 0 Å². The van der Waals surface area contributed by atoms with Crippen molar-refractivity contribution in [3.05, 3.63) is 10.6 Å². The van der Waals surface area contributed by atoms with Gasteiger partial charge in [0.05, 0.1) is 6.21 Å². The maximum absolute atomic E-state index is 12.1. The van der Waals surface area contributed by atoms with Crippen LogP contribution in [-0.4, -0.2) is 23.2 Å². The molecular formula is C17H26BrN3O3. The molecule has 3 N–H and O–H groups in total. The van der Waals surface area contributed by atoms with Gasteiger partial charge in [-0.15, -0.1) is 0 Å². The normalized spacial score (nSPS) is 26.3. The molecule has 2 rings (SSSR count). The van der Waals surface area contributed by atoms with Gasteiger partial charge in [-0.2, -0.15) is 5.10 Å². The average Bonchev–Trinajstić information content (AvgIpc) is 2.62. The lowest BCUT2D eigenvalue weighted by Crippen LogP contribution is -2.35. The number of nitrogens with zero attached hydrogens (tertiary/aromatic N) is 1. The summed E-state index contributed by atoms with van der Waals surface area (Å²) in [5, 5.41) is 12.7. The summed E-state index contributed by atoms with van der Waals surface area (Å²) in [5.74, 6) is -0.180. The van der Waals surface area contributed by atoms with E-state index in [2.05, 4.69) is 32.5 Å². The molecule has 7 heteroatoms. The molecule has 0 spiro atoms. The van der Waals surface area contributed by atoms with Crippen LogP contribution in [0.4, 0.5) is 0 Å². The van der Waals surface area contributed by atoms with Crippen LogP contribution in [0.1, 0.15) is 57.8 Å². The SMILES string of the molecule is O=C(NO)C1CCC(C(=O)N/N=C\C(Br)=C\C2CCCCC2)CC1. The molecule has 2 fully saturated rings. The molecule has 2 aliphatic rings. The van der Waals surface area contributed by atoms with E-state index in [9.17, 15) is 9.59 Å². The fourth-order valence-electron chi connectivity index (χ4n) is 3.53. The molecule has 2 saturated carbocycles. The number of allylic oxidation sites excluding steroid dienone is 2. The Balaban J connectivity index is 1.72. The quantitative estimate of drug-likeness (QED) is 0.376. The predicted molar refractivity (Wildman–Crippen MR) is 95.6 cm³/mol. The van der Waals surface area contributed by atoms with E-state index in [0.717, 1.165) is 4.48 Å². The predicted octanol–water partition coefficient (Wildman–Crippen LogP) is 3.26. The number of hydrogen-bond acceptors (Lipinski definition) is 4. The Bertz CT molecular complexity index is 493. The van der Waals surface area contributed by atoms with Gasteiger partial charge in [0.25, 0.3) is 0 Å². The number of rotatable bonds is 5.